The molecule has 0 bridgehead atoms. The minimum atomic E-state index is -0.647. The highest BCUT2D eigenvalue weighted by Crippen LogP contribution is 2.37. The van der Waals surface area contributed by atoms with Gasteiger partial charge >= 0.3 is 0 Å². The summed E-state index contributed by atoms with van der Waals surface area (Å²) in [6, 6.07) is 15.1. The zero-order chi connectivity index (χ0) is 27.9. The lowest BCUT2D eigenvalue weighted by atomic mass is 9.96. The molecular weight excluding hydrogens is 482 g/mol. The molecule has 1 atom stereocenters. The molecule has 0 aromatic heterocycles. The Labute approximate surface area is 224 Å². The Balaban J connectivity index is 1.75. The van der Waals surface area contributed by atoms with Gasteiger partial charge < -0.3 is 20.3 Å². The number of benzene rings is 2. The van der Waals surface area contributed by atoms with Crippen molar-refractivity contribution >= 4 is 34.7 Å². The second-order valence-electron chi connectivity index (χ2n) is 10.1. The van der Waals surface area contributed by atoms with Crippen molar-refractivity contribution in [3.63, 3.8) is 0 Å². The van der Waals surface area contributed by atoms with Crippen molar-refractivity contribution in [2.75, 3.05) is 25.1 Å². The maximum atomic E-state index is 13.5. The molecule has 3 N–H and O–H groups in total. The van der Waals surface area contributed by atoms with Crippen molar-refractivity contribution in [3.05, 3.63) is 65.2 Å². The van der Waals surface area contributed by atoms with Crippen LogP contribution in [0.4, 0.5) is 5.69 Å². The zero-order valence-corrected chi connectivity index (χ0v) is 22.8. The molecule has 2 aromatic rings. The fraction of sp³-hybridized carbons (Fsp3) is 0.414. The predicted octanol–water partition coefficient (Wildman–Crippen LogP) is 4.53. The number of carbonyl (C=O) groups excluding carboxylic acids is 3. The lowest BCUT2D eigenvalue weighted by Crippen LogP contribution is -2.42. The number of hydrogen-bond acceptors (Lipinski definition) is 7. The van der Waals surface area contributed by atoms with Crippen LogP contribution in [0.1, 0.15) is 57.2 Å². The monoisotopic (exact) mass is 519 g/mol. The highest BCUT2D eigenvalue weighted by Gasteiger charge is 2.27. The smallest absolute Gasteiger partial charge is 0.227 e. The Bertz CT molecular complexity index is 1240. The van der Waals surface area contributed by atoms with E-state index in [4.69, 9.17) is 10.3 Å². The number of amides is 2. The summed E-state index contributed by atoms with van der Waals surface area (Å²) in [6.07, 6.45) is 0.0559. The number of anilines is 1. The summed E-state index contributed by atoms with van der Waals surface area (Å²) in [5.74, 6) is -0.589. The number of carbonyl (C=O) groups is 3. The molecule has 0 spiro atoms. The minimum absolute atomic E-state index is 0.0271. The van der Waals surface area contributed by atoms with Gasteiger partial charge in [-0.15, -0.1) is 0 Å². The molecule has 0 fully saturated rings. The minimum Gasteiger partial charge on any atom is -0.386 e. The SMILES string of the molecule is CN/C1=C(\N=N)c2ccccc2CN(C(=O)CCC(=O)NCC(C)(C)OCC(C)C(C)=O)c2ccccc21. The topological polar surface area (TPSA) is 124 Å². The average Bonchev–Trinajstić information content (AvgIpc) is 2.90. The van der Waals surface area contributed by atoms with E-state index >= 15 is 0 Å². The molecule has 3 rings (SSSR count). The molecule has 0 saturated carbocycles. The molecule has 1 aliphatic heterocycles. The van der Waals surface area contributed by atoms with Gasteiger partial charge in [0.1, 0.15) is 11.5 Å². The molecule has 2 aromatic carbocycles. The molecule has 9 nitrogen and oxygen atoms in total. The number of hydrogen-bond donors (Lipinski definition) is 3. The number of nitrogens with zero attached hydrogens (tertiary/aromatic N) is 2. The first-order chi connectivity index (χ1) is 18.1. The highest BCUT2D eigenvalue weighted by atomic mass is 16.5. The van der Waals surface area contributed by atoms with Gasteiger partial charge in [-0.1, -0.05) is 49.4 Å². The van der Waals surface area contributed by atoms with Gasteiger partial charge in [-0.2, -0.15) is 5.11 Å². The van der Waals surface area contributed by atoms with Crippen LogP contribution in [0.5, 0.6) is 0 Å². The third-order valence-corrected chi connectivity index (χ3v) is 6.66. The standard InChI is InChI=1S/C29H37N5O4/c1-19(20(2)35)17-38-29(3,4)18-32-25(36)14-15-26(37)34-16-21-10-6-7-11-22(21)28(33-30)27(31-5)23-12-8-9-13-24(23)34/h6-13,19,30-31H,14-18H2,1-5H3,(H,32,36)/b28-27-,33-30?. The van der Waals surface area contributed by atoms with Gasteiger partial charge in [-0.25, -0.2) is 5.53 Å². The van der Waals surface area contributed by atoms with Crippen LogP contribution in [-0.2, 0) is 25.7 Å². The summed E-state index contributed by atoms with van der Waals surface area (Å²) >= 11 is 0. The summed E-state index contributed by atoms with van der Waals surface area (Å²) in [6.45, 7) is 7.88. The van der Waals surface area contributed by atoms with E-state index in [0.29, 0.717) is 23.6 Å². The molecule has 202 valence electrons. The summed E-state index contributed by atoms with van der Waals surface area (Å²) in [5.41, 5.74) is 11.4. The molecule has 1 unspecified atom stereocenters. The van der Waals surface area contributed by atoms with Gasteiger partial charge in [-0.05, 0) is 32.4 Å². The van der Waals surface area contributed by atoms with E-state index in [0.717, 1.165) is 16.7 Å². The van der Waals surface area contributed by atoms with E-state index in [1.807, 2.05) is 69.3 Å². The maximum Gasteiger partial charge on any atom is 0.227 e. The third-order valence-electron chi connectivity index (χ3n) is 6.66. The first-order valence-corrected chi connectivity index (χ1v) is 12.8. The van der Waals surface area contributed by atoms with Gasteiger partial charge in [-0.3, -0.25) is 14.4 Å². The first kappa shape index (κ1) is 28.7. The Morgan fingerprint density at radius 2 is 1.74 bits per heavy atom. The highest BCUT2D eigenvalue weighted by molar-refractivity contribution is 6.02. The predicted molar refractivity (Wildman–Crippen MR) is 147 cm³/mol. The van der Waals surface area contributed by atoms with Crippen LogP contribution in [0.25, 0.3) is 11.4 Å². The first-order valence-electron chi connectivity index (χ1n) is 12.8. The van der Waals surface area contributed by atoms with Crippen LogP contribution in [-0.4, -0.2) is 43.4 Å². The number of para-hydroxylation sites is 1. The number of ether oxygens (including phenoxy) is 1. The van der Waals surface area contributed by atoms with Crippen molar-refractivity contribution in [1.29, 1.82) is 5.53 Å². The molecule has 38 heavy (non-hydrogen) atoms. The average molecular weight is 520 g/mol. The van der Waals surface area contributed by atoms with E-state index in [1.165, 1.54) is 6.92 Å². The Morgan fingerprint density at radius 3 is 2.39 bits per heavy atom. The number of ketones is 1. The fourth-order valence-electron chi connectivity index (χ4n) is 4.19. The van der Waals surface area contributed by atoms with Gasteiger partial charge in [0.2, 0.25) is 11.8 Å². The molecular formula is C29H37N5O4. The van der Waals surface area contributed by atoms with Crippen molar-refractivity contribution in [2.24, 2.45) is 11.0 Å². The van der Waals surface area contributed by atoms with Crippen LogP contribution in [0.3, 0.4) is 0 Å². The number of nitrogens with one attached hydrogen (secondary N) is 3. The van der Waals surface area contributed by atoms with E-state index in [2.05, 4.69) is 15.7 Å². The van der Waals surface area contributed by atoms with Gasteiger partial charge in [0.25, 0.3) is 0 Å². The third kappa shape index (κ3) is 6.92. The van der Waals surface area contributed by atoms with Crippen LogP contribution in [0.15, 0.2) is 53.6 Å². The van der Waals surface area contributed by atoms with E-state index < -0.39 is 5.60 Å². The second-order valence-corrected chi connectivity index (χ2v) is 10.1. The van der Waals surface area contributed by atoms with E-state index in [-0.39, 0.29) is 49.5 Å². The molecule has 1 heterocycles. The van der Waals surface area contributed by atoms with E-state index in [1.54, 1.807) is 11.9 Å². The summed E-state index contributed by atoms with van der Waals surface area (Å²) in [4.78, 5) is 39.3. The van der Waals surface area contributed by atoms with Crippen LogP contribution < -0.4 is 15.5 Å². The second kappa shape index (κ2) is 12.6. The van der Waals surface area contributed by atoms with Crippen molar-refractivity contribution < 1.29 is 19.1 Å². The molecule has 0 aliphatic carbocycles. The van der Waals surface area contributed by atoms with Gasteiger partial charge in [0.05, 0.1) is 30.1 Å². The number of Topliss-reactive ketones (excluding diaryl/α,β-unsaturated/α-hetero) is 1. The van der Waals surface area contributed by atoms with Gasteiger partial charge in [0, 0.05) is 43.5 Å². The van der Waals surface area contributed by atoms with Crippen molar-refractivity contribution in [1.82, 2.24) is 10.6 Å². The normalized spacial score (nSPS) is 15.9. The maximum absolute atomic E-state index is 13.5. The number of rotatable bonds is 11. The Morgan fingerprint density at radius 1 is 1.08 bits per heavy atom. The summed E-state index contributed by atoms with van der Waals surface area (Å²) < 4.78 is 5.82. The molecule has 9 heteroatoms. The lowest BCUT2D eigenvalue weighted by Gasteiger charge is -2.30. The molecule has 0 radical (unpaired) electrons. The van der Waals surface area contributed by atoms with Crippen molar-refractivity contribution in [3.8, 4) is 0 Å². The molecule has 2 amide bonds. The largest absolute Gasteiger partial charge is 0.386 e. The van der Waals surface area contributed by atoms with Crippen molar-refractivity contribution in [2.45, 2.75) is 52.7 Å². The summed E-state index contributed by atoms with van der Waals surface area (Å²) in [7, 11) is 1.77. The summed E-state index contributed by atoms with van der Waals surface area (Å²) in [5, 5.41) is 9.84. The zero-order valence-electron chi connectivity index (χ0n) is 22.8. The Kier molecular flexibility index (Phi) is 9.52. The fourth-order valence-corrected chi connectivity index (χ4v) is 4.19. The Hall–Kier alpha value is -3.85. The lowest BCUT2D eigenvalue weighted by molar-refractivity contribution is -0.128. The number of fused-ring (bicyclic) bond motifs is 2. The molecule has 0 saturated heterocycles. The molecule has 1 aliphatic rings. The van der Waals surface area contributed by atoms with Gasteiger partial charge in [0.15, 0.2) is 0 Å². The van der Waals surface area contributed by atoms with E-state index in [9.17, 15) is 14.4 Å². The van der Waals surface area contributed by atoms with Crippen LogP contribution in [0.2, 0.25) is 0 Å². The quantitative estimate of drug-likeness (QED) is 0.377. The van der Waals surface area contributed by atoms with Crippen LogP contribution >= 0.6 is 0 Å². The van der Waals surface area contributed by atoms with Crippen LogP contribution in [0, 0.1) is 11.4 Å².